The number of nitrogens with zero attached hydrogens (tertiary/aromatic N) is 1. The SMILES string of the molecule is [C-]#[N+]C[C-]=O.[Y]. The molecular weight excluding hydrogens is 155 g/mol. The summed E-state index contributed by atoms with van der Waals surface area (Å²) in [6.45, 7) is 5.84. The van der Waals surface area contributed by atoms with Crippen LogP contribution < -0.4 is 0 Å². The van der Waals surface area contributed by atoms with Crippen molar-refractivity contribution in [3.63, 3.8) is 0 Å². The molecule has 0 atom stereocenters. The van der Waals surface area contributed by atoms with Crippen LogP contribution >= 0.6 is 0 Å². The molecule has 0 N–H and O–H groups in total. The maximum Gasteiger partial charge on any atom is 0.129 e. The molecule has 29 valence electrons. The third kappa shape index (κ3) is 8.86. The third-order valence-corrected chi connectivity index (χ3v) is 0.144. The molecule has 0 aliphatic heterocycles. The van der Waals surface area contributed by atoms with Crippen molar-refractivity contribution in [1.82, 2.24) is 0 Å². The molecule has 0 aliphatic rings. The quantitative estimate of drug-likeness (QED) is 0.491. The minimum Gasteiger partial charge on any atom is -0.535 e. The second-order valence-corrected chi connectivity index (χ2v) is 0.461. The average molecular weight is 157 g/mol. The standard InChI is InChI=1S/C3H2NO.Y/c1-4-2-3-5;/h2H2;/q-1;. The summed E-state index contributed by atoms with van der Waals surface area (Å²) < 4.78 is 0. The number of hydrogen-bond acceptors (Lipinski definition) is 1. The zero-order valence-electron chi connectivity index (χ0n) is 3.14. The van der Waals surface area contributed by atoms with Crippen LogP contribution in [0.1, 0.15) is 0 Å². The Morgan fingerprint density at radius 2 is 2.33 bits per heavy atom. The van der Waals surface area contributed by atoms with Gasteiger partial charge in [0.1, 0.15) is 6.54 Å². The van der Waals surface area contributed by atoms with Gasteiger partial charge in [0, 0.05) is 32.7 Å². The van der Waals surface area contributed by atoms with E-state index in [1.54, 1.807) is 0 Å². The van der Waals surface area contributed by atoms with Crippen molar-refractivity contribution in [2.45, 2.75) is 0 Å². The molecule has 0 rings (SSSR count). The number of rotatable bonds is 1. The van der Waals surface area contributed by atoms with Gasteiger partial charge in [-0.2, -0.15) is 6.29 Å². The number of carbonyl (C=O) groups excluding carboxylic acids is 1. The van der Waals surface area contributed by atoms with Gasteiger partial charge in [-0.15, -0.1) is 0 Å². The van der Waals surface area contributed by atoms with Gasteiger partial charge in [0.25, 0.3) is 0 Å². The van der Waals surface area contributed by atoms with E-state index >= 15 is 0 Å². The summed E-state index contributed by atoms with van der Waals surface area (Å²) in [5.41, 5.74) is 0. The molecule has 0 unspecified atom stereocenters. The van der Waals surface area contributed by atoms with Crippen LogP contribution in [0.4, 0.5) is 0 Å². The molecule has 0 aromatic carbocycles. The fourth-order valence-electron chi connectivity index (χ4n) is 0.0323. The zero-order chi connectivity index (χ0) is 4.12. The average Bonchev–Trinajstić information content (AvgIpc) is 1.41. The first-order valence-corrected chi connectivity index (χ1v) is 1.10. The molecule has 0 amide bonds. The van der Waals surface area contributed by atoms with Crippen LogP contribution in [0.25, 0.3) is 4.85 Å². The molecule has 0 aromatic rings. The summed E-state index contributed by atoms with van der Waals surface area (Å²) >= 11 is 0. The molecule has 0 heterocycles. The second-order valence-electron chi connectivity index (χ2n) is 0.461. The first kappa shape index (κ1) is 9.55. The van der Waals surface area contributed by atoms with Crippen LogP contribution in [0.15, 0.2) is 0 Å². The molecule has 0 aromatic heterocycles. The first-order chi connectivity index (χ1) is 2.41. The Kier molecular flexibility index (Phi) is 14.3. The predicted octanol–water partition coefficient (Wildman–Crippen LogP) is 0.0129. The Morgan fingerprint density at radius 1 is 1.83 bits per heavy atom. The normalized spacial score (nSPS) is 4.50. The molecule has 0 spiro atoms. The summed E-state index contributed by atoms with van der Waals surface area (Å²) in [4.78, 5) is 11.7. The molecule has 6 heavy (non-hydrogen) atoms. The van der Waals surface area contributed by atoms with Crippen molar-refractivity contribution < 1.29 is 37.5 Å². The predicted molar refractivity (Wildman–Crippen MR) is 17.2 cm³/mol. The van der Waals surface area contributed by atoms with E-state index in [4.69, 9.17) is 11.4 Å². The van der Waals surface area contributed by atoms with Gasteiger partial charge in [0.2, 0.25) is 0 Å². The Morgan fingerprint density at radius 3 is 2.33 bits per heavy atom. The van der Waals surface area contributed by atoms with E-state index in [-0.39, 0.29) is 39.3 Å². The maximum absolute atomic E-state index is 9.07. The summed E-state index contributed by atoms with van der Waals surface area (Å²) in [7, 11) is 0. The smallest absolute Gasteiger partial charge is 0.129 e. The fraction of sp³-hybridized carbons (Fsp3) is 0.333. The number of hydrogen-bond donors (Lipinski definition) is 0. The Bertz CT molecular complexity index is 65.7. The molecule has 0 saturated heterocycles. The van der Waals surface area contributed by atoms with Gasteiger partial charge >= 0.3 is 0 Å². The second kappa shape index (κ2) is 8.98. The molecule has 0 bridgehead atoms. The Balaban J connectivity index is 0. The minimum atomic E-state index is -0.125. The summed E-state index contributed by atoms with van der Waals surface area (Å²) in [6.07, 6.45) is 1.41. The van der Waals surface area contributed by atoms with Gasteiger partial charge in [0.15, 0.2) is 0 Å². The van der Waals surface area contributed by atoms with E-state index in [0.29, 0.717) is 0 Å². The summed E-state index contributed by atoms with van der Waals surface area (Å²) in [6, 6.07) is 0. The Hall–Kier alpha value is 0.264. The molecule has 3 heteroatoms. The third-order valence-electron chi connectivity index (χ3n) is 0.144. The van der Waals surface area contributed by atoms with E-state index in [1.807, 2.05) is 0 Å². The largest absolute Gasteiger partial charge is 0.535 e. The van der Waals surface area contributed by atoms with Crippen LogP contribution in [0.5, 0.6) is 0 Å². The van der Waals surface area contributed by atoms with Gasteiger partial charge < -0.3 is 9.64 Å². The van der Waals surface area contributed by atoms with Crippen molar-refractivity contribution in [2.24, 2.45) is 0 Å². The molecular formula is C3H2NOY-. The van der Waals surface area contributed by atoms with Crippen LogP contribution in [0, 0.1) is 6.57 Å². The maximum atomic E-state index is 9.07. The van der Waals surface area contributed by atoms with Crippen molar-refractivity contribution in [3.05, 3.63) is 11.4 Å². The fourth-order valence-corrected chi connectivity index (χ4v) is 0.0323. The van der Waals surface area contributed by atoms with Crippen molar-refractivity contribution >= 4 is 6.29 Å². The van der Waals surface area contributed by atoms with Gasteiger partial charge in [-0.1, -0.05) is 0 Å². The van der Waals surface area contributed by atoms with Crippen molar-refractivity contribution in [3.8, 4) is 0 Å². The molecule has 2 nitrogen and oxygen atoms in total. The van der Waals surface area contributed by atoms with Crippen LogP contribution in [0.3, 0.4) is 0 Å². The van der Waals surface area contributed by atoms with Crippen LogP contribution in [-0.4, -0.2) is 12.8 Å². The molecule has 0 fully saturated rings. The van der Waals surface area contributed by atoms with E-state index in [9.17, 15) is 0 Å². The summed E-state index contributed by atoms with van der Waals surface area (Å²) in [5.74, 6) is 0. The van der Waals surface area contributed by atoms with E-state index in [0.717, 1.165) is 0 Å². The first-order valence-electron chi connectivity index (χ1n) is 1.10. The van der Waals surface area contributed by atoms with Gasteiger partial charge in [0.05, 0.1) is 0 Å². The summed E-state index contributed by atoms with van der Waals surface area (Å²) in [5, 5.41) is 0. The van der Waals surface area contributed by atoms with Crippen molar-refractivity contribution in [1.29, 1.82) is 0 Å². The molecule has 0 saturated carbocycles. The van der Waals surface area contributed by atoms with Gasteiger partial charge in [-0.25, -0.2) is 6.57 Å². The van der Waals surface area contributed by atoms with E-state index in [1.165, 1.54) is 6.29 Å². The minimum absolute atomic E-state index is 0. The topological polar surface area (TPSA) is 21.4 Å². The van der Waals surface area contributed by atoms with Crippen LogP contribution in [0.2, 0.25) is 0 Å². The monoisotopic (exact) mass is 157 g/mol. The molecule has 1 radical (unpaired) electrons. The van der Waals surface area contributed by atoms with E-state index < -0.39 is 0 Å². The van der Waals surface area contributed by atoms with Gasteiger partial charge in [-0.05, 0) is 0 Å². The van der Waals surface area contributed by atoms with Crippen LogP contribution in [-0.2, 0) is 37.5 Å². The van der Waals surface area contributed by atoms with Crippen molar-refractivity contribution in [2.75, 3.05) is 6.54 Å². The molecule has 0 aliphatic carbocycles. The Labute approximate surface area is 61.6 Å². The van der Waals surface area contributed by atoms with Gasteiger partial charge in [-0.3, -0.25) is 0 Å². The zero-order valence-corrected chi connectivity index (χ0v) is 5.98. The van der Waals surface area contributed by atoms with E-state index in [2.05, 4.69) is 4.85 Å².